The predicted octanol–water partition coefficient (Wildman–Crippen LogP) is 6.09. The molecule has 0 aliphatic rings. The summed E-state index contributed by atoms with van der Waals surface area (Å²) in [6.45, 7) is 9.55. The molecule has 0 amide bonds. The van der Waals surface area contributed by atoms with Crippen molar-refractivity contribution < 1.29 is 18.3 Å². The molecule has 0 radical (unpaired) electrons. The Kier molecular flexibility index (Phi) is 6.04. The molecule has 29 heavy (non-hydrogen) atoms. The lowest BCUT2D eigenvalue weighted by atomic mass is 9.99. The molecule has 1 aromatic heterocycles. The zero-order valence-corrected chi connectivity index (χ0v) is 16.9. The largest absolute Gasteiger partial charge is 0.461 e. The van der Waals surface area contributed by atoms with Gasteiger partial charge in [-0.25, -0.2) is 18.4 Å². The maximum Gasteiger partial charge on any atom is 0.354 e. The highest BCUT2D eigenvalue weighted by Gasteiger charge is 2.27. The number of nitrogens with zero attached hydrogens (tertiary/aromatic N) is 2. The van der Waals surface area contributed by atoms with Crippen LogP contribution >= 0.6 is 11.8 Å². The summed E-state index contributed by atoms with van der Waals surface area (Å²) in [5, 5.41) is 0.659. The standard InChI is InChI=1S/C22H18F2N2O2S/c1-5-28-22(27)20-18(19(25-2)21(29-4)26(20)3)14-8-6-13(7-9-14)16-11-10-15(23)12-17(16)24/h6-12H,5H2,1,3-4H3. The number of aromatic nitrogens is 1. The average Bonchev–Trinajstić information content (AvgIpc) is 2.99. The number of rotatable bonds is 5. The fraction of sp³-hybridized carbons (Fsp3) is 0.182. The Morgan fingerprint density at radius 1 is 1.17 bits per heavy atom. The Labute approximate surface area is 171 Å². The van der Waals surface area contributed by atoms with Gasteiger partial charge >= 0.3 is 5.97 Å². The minimum atomic E-state index is -0.656. The number of carbonyl (C=O) groups excluding carboxylic acids is 1. The molecule has 148 valence electrons. The van der Waals surface area contributed by atoms with Crippen molar-refractivity contribution in [3.63, 3.8) is 0 Å². The van der Waals surface area contributed by atoms with Gasteiger partial charge in [0, 0.05) is 24.2 Å². The third kappa shape index (κ3) is 3.76. The van der Waals surface area contributed by atoms with Gasteiger partial charge in [0.25, 0.3) is 0 Å². The lowest BCUT2D eigenvalue weighted by Gasteiger charge is -2.09. The monoisotopic (exact) mass is 412 g/mol. The van der Waals surface area contributed by atoms with Crippen LogP contribution in [0.15, 0.2) is 47.5 Å². The second-order valence-electron chi connectivity index (χ2n) is 6.17. The van der Waals surface area contributed by atoms with E-state index in [0.29, 0.717) is 33.1 Å². The van der Waals surface area contributed by atoms with Crippen molar-refractivity contribution in [2.24, 2.45) is 7.05 Å². The van der Waals surface area contributed by atoms with Crippen LogP contribution in [0.1, 0.15) is 17.4 Å². The minimum Gasteiger partial charge on any atom is -0.461 e. The van der Waals surface area contributed by atoms with Gasteiger partial charge in [-0.05, 0) is 36.4 Å². The van der Waals surface area contributed by atoms with E-state index in [0.717, 1.165) is 6.07 Å². The van der Waals surface area contributed by atoms with Gasteiger partial charge in [-0.2, -0.15) is 0 Å². The van der Waals surface area contributed by atoms with Crippen molar-refractivity contribution in [1.82, 2.24) is 4.57 Å². The van der Waals surface area contributed by atoms with Gasteiger partial charge in [0.1, 0.15) is 17.3 Å². The van der Waals surface area contributed by atoms with Crippen molar-refractivity contribution in [2.75, 3.05) is 12.9 Å². The van der Waals surface area contributed by atoms with Gasteiger partial charge in [-0.15, -0.1) is 11.8 Å². The van der Waals surface area contributed by atoms with Gasteiger partial charge in [-0.1, -0.05) is 24.3 Å². The first kappa shape index (κ1) is 20.6. The molecule has 0 aliphatic heterocycles. The summed E-state index contributed by atoms with van der Waals surface area (Å²) in [4.78, 5) is 16.2. The quantitative estimate of drug-likeness (QED) is 0.289. The van der Waals surface area contributed by atoms with Crippen LogP contribution in [-0.2, 0) is 11.8 Å². The molecule has 0 saturated heterocycles. The SMILES string of the molecule is [C-]#[N+]c1c(-c2ccc(-c3ccc(F)cc3F)cc2)c(C(=O)OCC)n(C)c1SC. The van der Waals surface area contributed by atoms with Crippen molar-refractivity contribution in [1.29, 1.82) is 0 Å². The lowest BCUT2D eigenvalue weighted by molar-refractivity contribution is 0.0515. The smallest absolute Gasteiger partial charge is 0.354 e. The highest BCUT2D eigenvalue weighted by molar-refractivity contribution is 7.98. The van der Waals surface area contributed by atoms with Crippen LogP contribution in [0.2, 0.25) is 0 Å². The van der Waals surface area contributed by atoms with E-state index in [-0.39, 0.29) is 12.2 Å². The predicted molar refractivity (Wildman–Crippen MR) is 110 cm³/mol. The number of hydrogen-bond acceptors (Lipinski definition) is 3. The van der Waals surface area contributed by atoms with Crippen LogP contribution in [0, 0.1) is 18.2 Å². The number of ether oxygens (including phenoxy) is 1. The van der Waals surface area contributed by atoms with Crippen molar-refractivity contribution in [2.45, 2.75) is 11.9 Å². The summed E-state index contributed by atoms with van der Waals surface area (Å²) in [6, 6.07) is 10.2. The van der Waals surface area contributed by atoms with Gasteiger partial charge in [-0.3, -0.25) is 0 Å². The van der Waals surface area contributed by atoms with E-state index in [9.17, 15) is 13.6 Å². The number of halogens is 2. The number of hydrogen-bond donors (Lipinski definition) is 0. The van der Waals surface area contributed by atoms with Crippen LogP contribution in [-0.4, -0.2) is 23.4 Å². The second kappa shape index (κ2) is 8.50. The zero-order chi connectivity index (χ0) is 21.1. The summed E-state index contributed by atoms with van der Waals surface area (Å²) in [7, 11) is 1.72. The van der Waals surface area contributed by atoms with E-state index in [2.05, 4.69) is 4.85 Å². The highest BCUT2D eigenvalue weighted by Crippen LogP contribution is 2.43. The number of esters is 1. The molecular weight excluding hydrogens is 394 g/mol. The fourth-order valence-corrected chi connectivity index (χ4v) is 3.94. The second-order valence-corrected chi connectivity index (χ2v) is 6.97. The lowest BCUT2D eigenvalue weighted by Crippen LogP contribution is -2.11. The van der Waals surface area contributed by atoms with Gasteiger partial charge in [0.05, 0.1) is 18.2 Å². The molecule has 0 atom stereocenters. The van der Waals surface area contributed by atoms with Crippen molar-refractivity contribution in [3.8, 4) is 22.3 Å². The number of benzene rings is 2. The van der Waals surface area contributed by atoms with Crippen LogP contribution in [0.25, 0.3) is 27.1 Å². The van der Waals surface area contributed by atoms with Gasteiger partial charge < -0.3 is 9.30 Å². The van der Waals surface area contributed by atoms with Crippen LogP contribution < -0.4 is 0 Å². The topological polar surface area (TPSA) is 35.6 Å². The Morgan fingerprint density at radius 3 is 2.38 bits per heavy atom. The third-order valence-electron chi connectivity index (χ3n) is 4.51. The Balaban J connectivity index is 2.15. The molecule has 0 unspecified atom stereocenters. The summed E-state index contributed by atoms with van der Waals surface area (Å²) in [5.74, 6) is -1.81. The van der Waals surface area contributed by atoms with Crippen molar-refractivity contribution >= 4 is 23.4 Å². The van der Waals surface area contributed by atoms with Crippen LogP contribution in [0.5, 0.6) is 0 Å². The Bertz CT molecular complexity index is 1120. The molecule has 0 bridgehead atoms. The summed E-state index contributed by atoms with van der Waals surface area (Å²) in [6.07, 6.45) is 1.84. The van der Waals surface area contributed by atoms with E-state index >= 15 is 0 Å². The Morgan fingerprint density at radius 2 is 1.83 bits per heavy atom. The molecule has 7 heteroatoms. The molecule has 2 aromatic carbocycles. The number of carbonyl (C=O) groups is 1. The molecule has 0 spiro atoms. The van der Waals surface area contributed by atoms with E-state index in [1.165, 1.54) is 23.9 Å². The molecule has 4 nitrogen and oxygen atoms in total. The number of thioether (sulfide) groups is 1. The molecule has 0 N–H and O–H groups in total. The van der Waals surface area contributed by atoms with E-state index in [1.54, 1.807) is 42.8 Å². The van der Waals surface area contributed by atoms with Gasteiger partial charge in [0.2, 0.25) is 5.69 Å². The van der Waals surface area contributed by atoms with E-state index in [4.69, 9.17) is 11.3 Å². The first-order chi connectivity index (χ1) is 13.9. The van der Waals surface area contributed by atoms with E-state index < -0.39 is 17.6 Å². The summed E-state index contributed by atoms with van der Waals surface area (Å²) >= 11 is 1.37. The zero-order valence-electron chi connectivity index (χ0n) is 16.1. The molecule has 1 heterocycles. The third-order valence-corrected chi connectivity index (χ3v) is 5.36. The Hall–Kier alpha value is -3.11. The summed E-state index contributed by atoms with van der Waals surface area (Å²) < 4.78 is 34.1. The molecule has 0 fully saturated rings. The van der Waals surface area contributed by atoms with Crippen molar-refractivity contribution in [3.05, 3.63) is 71.2 Å². The minimum absolute atomic E-state index is 0.216. The maximum atomic E-state index is 14.1. The fourth-order valence-electron chi connectivity index (χ4n) is 3.24. The molecule has 3 aromatic rings. The molecular formula is C22H18F2N2O2S. The molecule has 0 saturated carbocycles. The first-order valence-electron chi connectivity index (χ1n) is 8.80. The van der Waals surface area contributed by atoms with E-state index in [1.807, 2.05) is 6.26 Å². The molecule has 3 rings (SSSR count). The highest BCUT2D eigenvalue weighted by atomic mass is 32.2. The summed E-state index contributed by atoms with van der Waals surface area (Å²) in [5.41, 5.74) is 2.62. The average molecular weight is 412 g/mol. The van der Waals surface area contributed by atoms with Crippen LogP contribution in [0.3, 0.4) is 0 Å². The maximum absolute atomic E-state index is 14.1. The van der Waals surface area contributed by atoms with Crippen LogP contribution in [0.4, 0.5) is 14.5 Å². The first-order valence-corrected chi connectivity index (χ1v) is 10.0. The molecule has 0 aliphatic carbocycles. The van der Waals surface area contributed by atoms with Gasteiger partial charge in [0.15, 0.2) is 0 Å². The normalized spacial score (nSPS) is 10.6.